The molecule has 0 saturated heterocycles. The molecule has 2 heteroatoms. The van der Waals surface area contributed by atoms with Crippen molar-refractivity contribution in [3.8, 4) is 0 Å². The Balaban J connectivity index is 1.74. The molecule has 0 spiro atoms. The monoisotopic (exact) mass is 228 g/mol. The molecule has 0 unspecified atom stereocenters. The van der Waals surface area contributed by atoms with Crippen LogP contribution in [0.1, 0.15) is 38.5 Å². The summed E-state index contributed by atoms with van der Waals surface area (Å²) in [7, 11) is 0. The lowest BCUT2D eigenvalue weighted by molar-refractivity contribution is 0.0385. The first-order chi connectivity index (χ1) is 6.80. The van der Waals surface area contributed by atoms with Crippen LogP contribution < -0.4 is 0 Å². The van der Waals surface area contributed by atoms with E-state index in [1.807, 2.05) is 11.8 Å². The lowest BCUT2D eigenvalue weighted by atomic mass is 9.56. The topological polar surface area (TPSA) is 0 Å². The quantitative estimate of drug-likeness (QED) is 0.669. The predicted octanol–water partition coefficient (Wildman–Crippen LogP) is 4.01. The van der Waals surface area contributed by atoms with E-state index in [1.165, 1.54) is 5.08 Å². The zero-order valence-electron chi connectivity index (χ0n) is 9.00. The molecule has 0 aliphatic heterocycles. The summed E-state index contributed by atoms with van der Waals surface area (Å²) in [4.78, 5) is 0. The average Bonchev–Trinajstić information content (AvgIpc) is 2.12. The van der Waals surface area contributed by atoms with Gasteiger partial charge in [0.2, 0.25) is 0 Å². The molecule has 0 atom stereocenters. The van der Waals surface area contributed by atoms with E-state index in [0.717, 1.165) is 22.5 Å². The average molecular weight is 228 g/mol. The highest BCUT2D eigenvalue weighted by Gasteiger charge is 2.50. The molecule has 4 aliphatic rings. The highest BCUT2D eigenvalue weighted by atomic mass is 32.2. The van der Waals surface area contributed by atoms with Crippen LogP contribution in [0.25, 0.3) is 0 Å². The molecule has 80 valence electrons. The minimum Gasteiger partial charge on any atom is -0.154 e. The van der Waals surface area contributed by atoms with Gasteiger partial charge in [0.05, 0.1) is 0 Å². The van der Waals surface area contributed by atoms with Crippen LogP contribution in [0, 0.1) is 17.8 Å². The van der Waals surface area contributed by atoms with Crippen molar-refractivity contribution in [3.63, 3.8) is 0 Å². The van der Waals surface area contributed by atoms with Gasteiger partial charge in [-0.2, -0.15) is 11.8 Å². The summed E-state index contributed by atoms with van der Waals surface area (Å²) in [6, 6.07) is 0. The van der Waals surface area contributed by atoms with Gasteiger partial charge < -0.3 is 0 Å². The van der Waals surface area contributed by atoms with Crippen molar-refractivity contribution in [1.29, 1.82) is 0 Å². The summed E-state index contributed by atoms with van der Waals surface area (Å²) in [5.41, 5.74) is 0. The van der Waals surface area contributed by atoms with Crippen molar-refractivity contribution in [3.05, 3.63) is 0 Å². The normalized spacial score (nSPS) is 49.9. The Morgan fingerprint density at radius 1 is 1.00 bits per heavy atom. The van der Waals surface area contributed by atoms with Crippen molar-refractivity contribution in [2.24, 2.45) is 17.8 Å². The van der Waals surface area contributed by atoms with Crippen LogP contribution >= 0.6 is 23.5 Å². The largest absolute Gasteiger partial charge is 0.154 e. The van der Waals surface area contributed by atoms with Crippen molar-refractivity contribution in [2.45, 2.75) is 43.3 Å². The standard InChI is InChI=1S/C12H20S2/c1-13-8-14-12-5-9-2-10(6-12)4-11(3-9)7-12/h9-11H,2-8H2,1H3. The molecular formula is C12H20S2. The maximum absolute atomic E-state index is 2.30. The maximum atomic E-state index is 2.30. The highest BCUT2D eigenvalue weighted by molar-refractivity contribution is 8.16. The summed E-state index contributed by atoms with van der Waals surface area (Å²) < 4.78 is 0.748. The number of rotatable bonds is 3. The molecule has 0 aromatic heterocycles. The molecule has 0 N–H and O–H groups in total. The minimum atomic E-state index is 0.748. The Bertz CT molecular complexity index is 189. The van der Waals surface area contributed by atoms with Crippen molar-refractivity contribution in [2.75, 3.05) is 11.3 Å². The maximum Gasteiger partial charge on any atom is 0.0394 e. The second-order valence-electron chi connectivity index (χ2n) is 5.65. The van der Waals surface area contributed by atoms with Gasteiger partial charge in [-0.05, 0) is 62.5 Å². The van der Waals surface area contributed by atoms with E-state index in [1.54, 1.807) is 38.5 Å². The van der Waals surface area contributed by atoms with E-state index >= 15 is 0 Å². The SMILES string of the molecule is CSCSC12CC3CC(CC(C3)C1)C2. The molecule has 4 aliphatic carbocycles. The van der Waals surface area contributed by atoms with Gasteiger partial charge in [0.1, 0.15) is 0 Å². The van der Waals surface area contributed by atoms with Gasteiger partial charge in [0.25, 0.3) is 0 Å². The van der Waals surface area contributed by atoms with Crippen molar-refractivity contribution in [1.82, 2.24) is 0 Å². The van der Waals surface area contributed by atoms with Crippen LogP contribution in [0.5, 0.6) is 0 Å². The third-order valence-corrected chi connectivity index (χ3v) is 6.99. The molecule has 0 amide bonds. The summed E-state index contributed by atoms with van der Waals surface area (Å²) in [6.45, 7) is 0. The summed E-state index contributed by atoms with van der Waals surface area (Å²) in [5, 5.41) is 1.33. The summed E-state index contributed by atoms with van der Waals surface area (Å²) >= 11 is 4.31. The molecule has 0 aromatic carbocycles. The molecule has 0 aromatic rings. The molecule has 14 heavy (non-hydrogen) atoms. The Morgan fingerprint density at radius 3 is 1.93 bits per heavy atom. The second-order valence-corrected chi connectivity index (χ2v) is 8.33. The highest BCUT2D eigenvalue weighted by Crippen LogP contribution is 2.60. The van der Waals surface area contributed by atoms with Gasteiger partial charge in [-0.15, -0.1) is 11.8 Å². The Hall–Kier alpha value is 0.700. The zero-order chi connectivity index (χ0) is 9.60. The second kappa shape index (κ2) is 3.62. The first-order valence-electron chi connectivity index (χ1n) is 5.92. The molecule has 4 fully saturated rings. The number of thioether (sulfide) groups is 2. The van der Waals surface area contributed by atoms with E-state index in [9.17, 15) is 0 Å². The van der Waals surface area contributed by atoms with Crippen LogP contribution in [-0.4, -0.2) is 16.1 Å². The van der Waals surface area contributed by atoms with E-state index < -0.39 is 0 Å². The van der Waals surface area contributed by atoms with Gasteiger partial charge in [-0.25, -0.2) is 0 Å². The molecule has 0 heterocycles. The first-order valence-corrected chi connectivity index (χ1v) is 8.30. The van der Waals surface area contributed by atoms with Crippen molar-refractivity contribution < 1.29 is 0 Å². The van der Waals surface area contributed by atoms with Gasteiger partial charge in [-0.3, -0.25) is 0 Å². The molecule has 4 bridgehead atoms. The lowest BCUT2D eigenvalue weighted by Gasteiger charge is -2.56. The van der Waals surface area contributed by atoms with Crippen LogP contribution in [0.4, 0.5) is 0 Å². The van der Waals surface area contributed by atoms with Crippen LogP contribution in [0.3, 0.4) is 0 Å². The smallest absolute Gasteiger partial charge is 0.0394 e. The van der Waals surface area contributed by atoms with Gasteiger partial charge in [-0.1, -0.05) is 0 Å². The summed E-state index contributed by atoms with van der Waals surface area (Å²) in [5.74, 6) is 3.36. The van der Waals surface area contributed by atoms with Crippen LogP contribution in [0.2, 0.25) is 0 Å². The third-order valence-electron chi connectivity index (χ3n) is 4.47. The van der Waals surface area contributed by atoms with Crippen LogP contribution in [-0.2, 0) is 0 Å². The fourth-order valence-corrected chi connectivity index (χ4v) is 6.92. The molecule has 4 rings (SSSR count). The Labute approximate surface area is 96.0 Å². The number of hydrogen-bond donors (Lipinski definition) is 0. The van der Waals surface area contributed by atoms with E-state index in [4.69, 9.17) is 0 Å². The summed E-state index contributed by atoms with van der Waals surface area (Å²) in [6.07, 6.45) is 11.7. The minimum absolute atomic E-state index is 0.748. The molecule has 4 saturated carbocycles. The fraction of sp³-hybridized carbons (Fsp3) is 1.00. The lowest BCUT2D eigenvalue weighted by Crippen LogP contribution is -2.48. The molecular weight excluding hydrogens is 208 g/mol. The van der Waals surface area contributed by atoms with Crippen LogP contribution in [0.15, 0.2) is 0 Å². The van der Waals surface area contributed by atoms with E-state index in [0.29, 0.717) is 0 Å². The molecule has 0 radical (unpaired) electrons. The number of hydrogen-bond acceptors (Lipinski definition) is 2. The first kappa shape index (κ1) is 9.89. The molecule has 0 nitrogen and oxygen atoms in total. The van der Waals surface area contributed by atoms with E-state index in [-0.39, 0.29) is 0 Å². The van der Waals surface area contributed by atoms with E-state index in [2.05, 4.69) is 18.0 Å². The Morgan fingerprint density at radius 2 is 1.50 bits per heavy atom. The Kier molecular flexibility index (Phi) is 2.56. The van der Waals surface area contributed by atoms with Gasteiger partial charge >= 0.3 is 0 Å². The zero-order valence-corrected chi connectivity index (χ0v) is 10.6. The predicted molar refractivity (Wildman–Crippen MR) is 66.9 cm³/mol. The fourth-order valence-electron chi connectivity index (χ4n) is 4.39. The third kappa shape index (κ3) is 1.63. The van der Waals surface area contributed by atoms with Gasteiger partial charge in [0.15, 0.2) is 0 Å². The van der Waals surface area contributed by atoms with Gasteiger partial charge in [0, 0.05) is 9.83 Å². The van der Waals surface area contributed by atoms with Crippen molar-refractivity contribution >= 4 is 23.5 Å².